The standard InChI is InChI=1S/C10H18FNO6S/c1-10(2,3)8(13)17-6-18-9(14)12-4-7(11)5-19(15)16/h7H,4-6H2,1-3H3,(H,12,14)(H,15,16)/t7-/m1/s1. The molecular weight excluding hydrogens is 281 g/mol. The van der Waals surface area contributed by atoms with Crippen molar-refractivity contribution in [2.24, 2.45) is 5.41 Å². The van der Waals surface area contributed by atoms with Gasteiger partial charge in [0.05, 0.1) is 17.7 Å². The molecule has 0 aromatic carbocycles. The number of hydrogen-bond acceptors (Lipinski definition) is 5. The minimum absolute atomic E-state index is 0.460. The molecule has 1 amide bonds. The summed E-state index contributed by atoms with van der Waals surface area (Å²) in [7, 11) is 0. The molecule has 0 rings (SSSR count). The summed E-state index contributed by atoms with van der Waals surface area (Å²) < 4.78 is 40.7. The fourth-order valence-electron chi connectivity index (χ4n) is 0.812. The molecule has 0 aliphatic heterocycles. The lowest BCUT2D eigenvalue weighted by molar-refractivity contribution is -0.161. The molecule has 0 aromatic rings. The van der Waals surface area contributed by atoms with Gasteiger partial charge in [-0.15, -0.1) is 0 Å². The van der Waals surface area contributed by atoms with Crippen molar-refractivity contribution in [3.8, 4) is 0 Å². The van der Waals surface area contributed by atoms with Crippen LogP contribution in [0.3, 0.4) is 0 Å². The number of esters is 1. The Balaban J connectivity index is 3.77. The molecule has 0 aliphatic carbocycles. The normalized spacial score (nSPS) is 14.4. The fraction of sp³-hybridized carbons (Fsp3) is 0.800. The van der Waals surface area contributed by atoms with Crippen LogP contribution >= 0.6 is 0 Å². The van der Waals surface area contributed by atoms with Gasteiger partial charge in [-0.1, -0.05) is 0 Å². The van der Waals surface area contributed by atoms with E-state index >= 15 is 0 Å². The molecule has 112 valence electrons. The van der Waals surface area contributed by atoms with Crippen LogP contribution in [-0.4, -0.2) is 46.1 Å². The maximum Gasteiger partial charge on any atom is 0.410 e. The number of carbonyl (C=O) groups excluding carboxylic acids is 2. The molecule has 7 nitrogen and oxygen atoms in total. The van der Waals surface area contributed by atoms with Gasteiger partial charge in [-0.3, -0.25) is 4.79 Å². The van der Waals surface area contributed by atoms with E-state index in [2.05, 4.69) is 9.47 Å². The number of rotatable bonds is 6. The Morgan fingerprint density at radius 2 is 1.95 bits per heavy atom. The molecule has 0 heterocycles. The van der Waals surface area contributed by atoms with E-state index in [0.717, 1.165) is 0 Å². The Morgan fingerprint density at radius 3 is 2.42 bits per heavy atom. The van der Waals surface area contributed by atoms with Crippen LogP contribution in [0.2, 0.25) is 0 Å². The number of ether oxygens (including phenoxy) is 2. The maximum absolute atomic E-state index is 12.9. The molecule has 2 N–H and O–H groups in total. The van der Waals surface area contributed by atoms with Crippen LogP contribution in [0.4, 0.5) is 9.18 Å². The summed E-state index contributed by atoms with van der Waals surface area (Å²) in [5.41, 5.74) is -0.713. The number of halogens is 1. The molecule has 0 saturated heterocycles. The van der Waals surface area contributed by atoms with Crippen molar-refractivity contribution in [2.75, 3.05) is 19.1 Å². The highest BCUT2D eigenvalue weighted by Crippen LogP contribution is 2.14. The van der Waals surface area contributed by atoms with Crippen LogP contribution in [-0.2, 0) is 25.3 Å². The van der Waals surface area contributed by atoms with Gasteiger partial charge in [0, 0.05) is 0 Å². The second kappa shape index (κ2) is 8.05. The maximum atomic E-state index is 12.9. The lowest BCUT2D eigenvalue weighted by Gasteiger charge is -2.16. The Bertz CT molecular complexity index is 343. The van der Waals surface area contributed by atoms with Gasteiger partial charge in [0.15, 0.2) is 11.1 Å². The molecule has 19 heavy (non-hydrogen) atoms. The van der Waals surface area contributed by atoms with E-state index in [1.165, 1.54) is 0 Å². The van der Waals surface area contributed by atoms with Crippen molar-refractivity contribution in [1.29, 1.82) is 0 Å². The molecule has 0 spiro atoms. The van der Waals surface area contributed by atoms with Crippen molar-refractivity contribution in [2.45, 2.75) is 26.9 Å². The molecular formula is C10H18FNO6S. The highest BCUT2D eigenvalue weighted by molar-refractivity contribution is 7.79. The average Bonchev–Trinajstić information content (AvgIpc) is 2.24. The summed E-state index contributed by atoms with van der Waals surface area (Å²) in [4.78, 5) is 22.3. The summed E-state index contributed by atoms with van der Waals surface area (Å²) in [6.45, 7) is 3.87. The number of hydrogen-bond donors (Lipinski definition) is 2. The quantitative estimate of drug-likeness (QED) is 0.428. The minimum Gasteiger partial charge on any atom is -0.427 e. The molecule has 0 radical (unpaired) electrons. The van der Waals surface area contributed by atoms with E-state index in [0.29, 0.717) is 0 Å². The van der Waals surface area contributed by atoms with Gasteiger partial charge in [-0.2, -0.15) is 0 Å². The van der Waals surface area contributed by atoms with Gasteiger partial charge in [-0.05, 0) is 20.8 Å². The summed E-state index contributed by atoms with van der Waals surface area (Å²) in [6.07, 6.45) is -2.64. The van der Waals surface area contributed by atoms with Crippen LogP contribution in [0, 0.1) is 5.41 Å². The van der Waals surface area contributed by atoms with Crippen molar-refractivity contribution >= 4 is 23.1 Å². The van der Waals surface area contributed by atoms with Crippen molar-refractivity contribution in [3.63, 3.8) is 0 Å². The average molecular weight is 299 g/mol. The van der Waals surface area contributed by atoms with Crippen LogP contribution < -0.4 is 5.32 Å². The van der Waals surface area contributed by atoms with Crippen LogP contribution in [0.25, 0.3) is 0 Å². The Kier molecular flexibility index (Phi) is 7.53. The number of nitrogens with one attached hydrogen (secondary N) is 1. The number of alkyl halides is 1. The summed E-state index contributed by atoms with van der Waals surface area (Å²) >= 11 is -2.27. The molecule has 2 atom stereocenters. The van der Waals surface area contributed by atoms with E-state index in [1.54, 1.807) is 20.8 Å². The third-order valence-corrected chi connectivity index (χ3v) is 2.43. The highest BCUT2D eigenvalue weighted by atomic mass is 32.2. The Morgan fingerprint density at radius 1 is 1.37 bits per heavy atom. The lowest BCUT2D eigenvalue weighted by atomic mass is 9.98. The van der Waals surface area contributed by atoms with Crippen molar-refractivity contribution in [3.05, 3.63) is 0 Å². The van der Waals surface area contributed by atoms with Gasteiger partial charge in [-0.25, -0.2) is 13.4 Å². The largest absolute Gasteiger partial charge is 0.427 e. The van der Waals surface area contributed by atoms with Crippen LogP contribution in [0.1, 0.15) is 20.8 Å². The smallest absolute Gasteiger partial charge is 0.410 e. The van der Waals surface area contributed by atoms with E-state index < -0.39 is 53.8 Å². The lowest BCUT2D eigenvalue weighted by Crippen LogP contribution is -2.34. The fourth-order valence-corrected chi connectivity index (χ4v) is 1.24. The SMILES string of the molecule is CC(C)(C)C(=O)OCOC(=O)NC[C@@H](F)CS(=O)O. The second-order valence-electron chi connectivity index (χ2n) is 4.70. The van der Waals surface area contributed by atoms with Gasteiger partial charge >= 0.3 is 12.1 Å². The predicted octanol–water partition coefficient (Wildman–Crippen LogP) is 0.819. The first-order valence-corrected chi connectivity index (χ1v) is 6.70. The molecule has 1 unspecified atom stereocenters. The van der Waals surface area contributed by atoms with Crippen molar-refractivity contribution in [1.82, 2.24) is 5.32 Å². The third kappa shape index (κ3) is 9.37. The Hall–Kier alpha value is -1.22. The Labute approximate surface area is 113 Å². The molecule has 0 fully saturated rings. The molecule has 9 heteroatoms. The monoisotopic (exact) mass is 299 g/mol. The first-order chi connectivity index (χ1) is 8.62. The van der Waals surface area contributed by atoms with Gasteiger partial charge < -0.3 is 19.3 Å². The van der Waals surface area contributed by atoms with Gasteiger partial charge in [0.2, 0.25) is 6.79 Å². The predicted molar refractivity (Wildman–Crippen MR) is 65.4 cm³/mol. The number of carbonyl (C=O) groups is 2. The molecule has 0 saturated carbocycles. The summed E-state index contributed by atoms with van der Waals surface area (Å²) in [6, 6.07) is 0. The van der Waals surface area contributed by atoms with Gasteiger partial charge in [0.1, 0.15) is 6.17 Å². The number of amides is 1. The molecule has 0 aliphatic rings. The first kappa shape index (κ1) is 17.8. The summed E-state index contributed by atoms with van der Waals surface area (Å²) in [5.74, 6) is -1.14. The van der Waals surface area contributed by atoms with Crippen LogP contribution in [0.15, 0.2) is 0 Å². The topological polar surface area (TPSA) is 102 Å². The van der Waals surface area contributed by atoms with Crippen molar-refractivity contribution < 1.29 is 32.2 Å². The van der Waals surface area contributed by atoms with E-state index in [1.807, 2.05) is 5.32 Å². The molecule has 0 aromatic heterocycles. The zero-order valence-electron chi connectivity index (χ0n) is 11.0. The van der Waals surface area contributed by atoms with E-state index in [9.17, 15) is 18.2 Å². The zero-order chi connectivity index (χ0) is 15.1. The minimum atomic E-state index is -2.27. The van der Waals surface area contributed by atoms with E-state index in [4.69, 9.17) is 4.55 Å². The van der Waals surface area contributed by atoms with Gasteiger partial charge in [0.25, 0.3) is 0 Å². The van der Waals surface area contributed by atoms with Crippen LogP contribution in [0.5, 0.6) is 0 Å². The first-order valence-electron chi connectivity index (χ1n) is 5.42. The zero-order valence-corrected chi connectivity index (χ0v) is 11.8. The molecule has 0 bridgehead atoms. The second-order valence-corrected chi connectivity index (χ2v) is 5.67. The van der Waals surface area contributed by atoms with E-state index in [-0.39, 0.29) is 0 Å². The third-order valence-electron chi connectivity index (χ3n) is 1.78. The highest BCUT2D eigenvalue weighted by Gasteiger charge is 2.23. The number of alkyl carbamates (subject to hydrolysis) is 1. The summed E-state index contributed by atoms with van der Waals surface area (Å²) in [5, 5.41) is 2.03.